The summed E-state index contributed by atoms with van der Waals surface area (Å²) in [6.45, 7) is 5.11. The minimum Gasteiger partial charge on any atom is -0.445 e. The molecule has 8 nitrogen and oxygen atoms in total. The minimum atomic E-state index is -1.14. The summed E-state index contributed by atoms with van der Waals surface area (Å²) >= 11 is 0. The van der Waals surface area contributed by atoms with Crippen molar-refractivity contribution in [1.82, 2.24) is 10.2 Å². The quantitative estimate of drug-likeness (QED) is 0.743. The molecule has 1 fully saturated rings. The first-order valence-electron chi connectivity index (χ1n) is 8.47. The molecule has 0 radical (unpaired) electrons. The molecule has 0 bridgehead atoms. The van der Waals surface area contributed by atoms with Crippen LogP contribution in [0.1, 0.15) is 26.3 Å². The number of carbonyl (C=O) groups excluding carboxylic acids is 2. The summed E-state index contributed by atoms with van der Waals surface area (Å²) in [7, 11) is 0. The van der Waals surface area contributed by atoms with E-state index >= 15 is 0 Å². The van der Waals surface area contributed by atoms with Gasteiger partial charge < -0.3 is 29.9 Å². The van der Waals surface area contributed by atoms with Gasteiger partial charge in [-0.05, 0) is 26.3 Å². The van der Waals surface area contributed by atoms with E-state index in [-0.39, 0.29) is 19.7 Å². The highest BCUT2D eigenvalue weighted by atomic mass is 16.6. The molecule has 1 heterocycles. The lowest BCUT2D eigenvalue weighted by molar-refractivity contribution is -0.0408. The average molecular weight is 366 g/mol. The second-order valence-electron chi connectivity index (χ2n) is 7.25. The summed E-state index contributed by atoms with van der Waals surface area (Å²) < 4.78 is 10.3. The van der Waals surface area contributed by atoms with Gasteiger partial charge in [-0.3, -0.25) is 0 Å². The Balaban J connectivity index is 1.86. The summed E-state index contributed by atoms with van der Waals surface area (Å²) in [5.74, 6) is 0. The number of nitrogens with one attached hydrogen (secondary N) is 1. The van der Waals surface area contributed by atoms with Gasteiger partial charge in [-0.15, -0.1) is 0 Å². The summed E-state index contributed by atoms with van der Waals surface area (Å²) in [6.07, 6.45) is -3.66. The highest BCUT2D eigenvalue weighted by molar-refractivity contribution is 5.69. The number of carbonyl (C=O) groups is 2. The predicted octanol–water partition coefficient (Wildman–Crippen LogP) is 1.25. The van der Waals surface area contributed by atoms with E-state index in [9.17, 15) is 19.8 Å². The zero-order valence-corrected chi connectivity index (χ0v) is 15.2. The first kappa shape index (κ1) is 20.0. The highest BCUT2D eigenvalue weighted by Gasteiger charge is 2.39. The van der Waals surface area contributed by atoms with Crippen molar-refractivity contribution >= 4 is 12.2 Å². The number of nitrogens with zero attached hydrogens (tertiary/aromatic N) is 1. The van der Waals surface area contributed by atoms with Gasteiger partial charge in [-0.25, -0.2) is 9.59 Å². The van der Waals surface area contributed by atoms with E-state index in [1.807, 2.05) is 30.3 Å². The van der Waals surface area contributed by atoms with Crippen molar-refractivity contribution < 1.29 is 29.3 Å². The van der Waals surface area contributed by atoms with Gasteiger partial charge in [0.15, 0.2) is 0 Å². The molecule has 1 saturated heterocycles. The third-order valence-electron chi connectivity index (χ3n) is 3.79. The van der Waals surface area contributed by atoms with Crippen molar-refractivity contribution in [2.24, 2.45) is 0 Å². The Hall–Kier alpha value is -2.32. The van der Waals surface area contributed by atoms with Crippen LogP contribution in [0.15, 0.2) is 30.3 Å². The number of benzene rings is 1. The molecule has 2 amide bonds. The summed E-state index contributed by atoms with van der Waals surface area (Å²) in [5, 5.41) is 22.9. The first-order chi connectivity index (χ1) is 12.2. The maximum Gasteiger partial charge on any atom is 0.410 e. The van der Waals surface area contributed by atoms with Crippen molar-refractivity contribution in [2.75, 3.05) is 13.1 Å². The van der Waals surface area contributed by atoms with E-state index in [0.29, 0.717) is 0 Å². The van der Waals surface area contributed by atoms with Gasteiger partial charge in [0.2, 0.25) is 0 Å². The van der Waals surface area contributed by atoms with Gasteiger partial charge in [-0.2, -0.15) is 0 Å². The Morgan fingerprint density at radius 3 is 2.27 bits per heavy atom. The van der Waals surface area contributed by atoms with Gasteiger partial charge in [0.05, 0.1) is 31.3 Å². The molecule has 1 aromatic carbocycles. The van der Waals surface area contributed by atoms with Crippen LogP contribution in [0.3, 0.4) is 0 Å². The number of ether oxygens (including phenoxy) is 2. The fourth-order valence-electron chi connectivity index (χ4n) is 2.61. The third-order valence-corrected chi connectivity index (χ3v) is 3.79. The van der Waals surface area contributed by atoms with Crippen LogP contribution in [0.2, 0.25) is 0 Å². The lowest BCUT2D eigenvalue weighted by Crippen LogP contribution is -2.63. The number of aliphatic hydroxyl groups is 2. The fraction of sp³-hybridized carbons (Fsp3) is 0.556. The maximum absolute atomic E-state index is 12.1. The van der Waals surface area contributed by atoms with Crippen LogP contribution in [-0.4, -0.2) is 64.2 Å². The van der Waals surface area contributed by atoms with Crippen molar-refractivity contribution in [3.8, 4) is 0 Å². The Kier molecular flexibility index (Phi) is 6.44. The lowest BCUT2D eigenvalue weighted by Gasteiger charge is -2.39. The molecule has 0 spiro atoms. The number of aliphatic hydroxyl groups excluding tert-OH is 2. The molecule has 26 heavy (non-hydrogen) atoms. The second kappa shape index (κ2) is 8.37. The van der Waals surface area contributed by atoms with Gasteiger partial charge in [0.25, 0.3) is 0 Å². The Morgan fingerprint density at radius 1 is 1.15 bits per heavy atom. The van der Waals surface area contributed by atoms with E-state index in [4.69, 9.17) is 9.47 Å². The molecule has 144 valence electrons. The third kappa shape index (κ3) is 5.89. The summed E-state index contributed by atoms with van der Waals surface area (Å²) in [5.41, 5.74) is 0.144. The van der Waals surface area contributed by atoms with Crippen LogP contribution in [0.25, 0.3) is 0 Å². The number of β-amino-alcohol motifs (C(OH)–C–C–N with tert-alkyl or cyclic N) is 2. The number of alkyl carbamates (subject to hydrolysis) is 1. The fourth-order valence-corrected chi connectivity index (χ4v) is 2.61. The van der Waals surface area contributed by atoms with E-state index in [1.54, 1.807) is 20.8 Å². The Bertz CT molecular complexity index is 604. The van der Waals surface area contributed by atoms with Crippen molar-refractivity contribution in [2.45, 2.75) is 51.2 Å². The van der Waals surface area contributed by atoms with Crippen LogP contribution >= 0.6 is 0 Å². The van der Waals surface area contributed by atoms with Crippen molar-refractivity contribution in [1.29, 1.82) is 0 Å². The van der Waals surface area contributed by atoms with E-state index in [1.165, 1.54) is 4.90 Å². The topological polar surface area (TPSA) is 108 Å². The molecule has 2 atom stereocenters. The van der Waals surface area contributed by atoms with Gasteiger partial charge >= 0.3 is 12.2 Å². The van der Waals surface area contributed by atoms with Crippen LogP contribution in [0.4, 0.5) is 9.59 Å². The molecule has 1 aliphatic heterocycles. The summed E-state index contributed by atoms with van der Waals surface area (Å²) in [6, 6.07) is 8.26. The van der Waals surface area contributed by atoms with E-state index in [2.05, 4.69) is 5.32 Å². The van der Waals surface area contributed by atoms with E-state index in [0.717, 1.165) is 5.56 Å². The zero-order valence-electron chi connectivity index (χ0n) is 15.2. The molecule has 0 saturated carbocycles. The molecule has 1 aromatic rings. The molecule has 3 N–H and O–H groups in total. The normalized spacial score (nSPS) is 23.3. The SMILES string of the molecule is CC(C)(C)OC(=O)NC1C(O)CN(C(=O)OCc2ccccc2)CC1O. The van der Waals surface area contributed by atoms with Gasteiger partial charge in [-0.1, -0.05) is 30.3 Å². The molecule has 1 aliphatic rings. The molecule has 2 unspecified atom stereocenters. The largest absolute Gasteiger partial charge is 0.445 e. The number of rotatable bonds is 3. The highest BCUT2D eigenvalue weighted by Crippen LogP contribution is 2.15. The van der Waals surface area contributed by atoms with Crippen molar-refractivity contribution in [3.05, 3.63) is 35.9 Å². The average Bonchev–Trinajstić information content (AvgIpc) is 2.55. The molecule has 8 heteroatoms. The standard InChI is InChI=1S/C18H26N2O6/c1-18(2,3)26-16(23)19-15-13(21)9-20(10-14(15)22)17(24)25-11-12-7-5-4-6-8-12/h4-8,13-15,21-22H,9-11H2,1-3H3,(H,19,23). The number of hydrogen-bond acceptors (Lipinski definition) is 6. The monoisotopic (exact) mass is 366 g/mol. The molecular weight excluding hydrogens is 340 g/mol. The van der Waals surface area contributed by atoms with Gasteiger partial charge in [0.1, 0.15) is 12.2 Å². The van der Waals surface area contributed by atoms with Crippen LogP contribution in [0.5, 0.6) is 0 Å². The first-order valence-corrected chi connectivity index (χ1v) is 8.47. The minimum absolute atomic E-state index is 0.0643. The molecule has 0 aromatic heterocycles. The van der Waals surface area contributed by atoms with Crippen LogP contribution < -0.4 is 5.32 Å². The number of hydrogen-bond donors (Lipinski definition) is 3. The summed E-state index contributed by atoms with van der Waals surface area (Å²) in [4.78, 5) is 25.2. The number of amides is 2. The molecular formula is C18H26N2O6. The predicted molar refractivity (Wildman–Crippen MR) is 93.4 cm³/mol. The molecule has 2 rings (SSSR count). The van der Waals surface area contributed by atoms with Crippen molar-refractivity contribution in [3.63, 3.8) is 0 Å². The number of likely N-dealkylation sites (tertiary alicyclic amines) is 1. The van der Waals surface area contributed by atoms with Crippen LogP contribution in [0, 0.1) is 0 Å². The van der Waals surface area contributed by atoms with Gasteiger partial charge in [0, 0.05) is 0 Å². The van der Waals surface area contributed by atoms with Crippen LogP contribution in [-0.2, 0) is 16.1 Å². The molecule has 0 aliphatic carbocycles. The Labute approximate surface area is 152 Å². The smallest absolute Gasteiger partial charge is 0.410 e. The van der Waals surface area contributed by atoms with E-state index < -0.39 is 36.0 Å². The second-order valence-corrected chi connectivity index (χ2v) is 7.25. The Morgan fingerprint density at radius 2 is 1.73 bits per heavy atom. The number of piperidine rings is 1. The lowest BCUT2D eigenvalue weighted by atomic mass is 9.99. The maximum atomic E-state index is 12.1. The zero-order chi connectivity index (χ0) is 19.3.